The maximum Gasteiger partial charge on any atom is 0.180 e. The summed E-state index contributed by atoms with van der Waals surface area (Å²) in [6.45, 7) is 5.04. The van der Waals surface area contributed by atoms with Crippen molar-refractivity contribution in [1.82, 2.24) is 0 Å². The van der Waals surface area contributed by atoms with Gasteiger partial charge in [0.25, 0.3) is 0 Å². The Hall–Kier alpha value is -0.530. The van der Waals surface area contributed by atoms with Crippen molar-refractivity contribution in [2.45, 2.75) is 77.7 Å². The second-order valence-electron chi connectivity index (χ2n) is 4.88. The summed E-state index contributed by atoms with van der Waals surface area (Å²) in [6, 6.07) is 0.458. The third-order valence-corrected chi connectivity index (χ3v) is 3.24. The fourth-order valence-electron chi connectivity index (χ4n) is 2.21. The van der Waals surface area contributed by atoms with E-state index in [-0.39, 0.29) is 0 Å². The van der Waals surface area contributed by atoms with Gasteiger partial charge in [0, 0.05) is 6.92 Å². The Morgan fingerprint density at radius 1 is 1.06 bits per heavy atom. The van der Waals surface area contributed by atoms with Crippen molar-refractivity contribution in [3.05, 3.63) is 0 Å². The molecule has 0 N–H and O–H groups in total. The average Bonchev–Trinajstić information content (AvgIpc) is 2.68. The van der Waals surface area contributed by atoms with Crippen LogP contribution in [0.4, 0.5) is 0 Å². The Labute approximate surface area is 100 Å². The average molecular weight is 225 g/mol. The van der Waals surface area contributed by atoms with Crippen molar-refractivity contribution < 1.29 is 4.74 Å². The highest BCUT2D eigenvalue weighted by Crippen LogP contribution is 2.14. The van der Waals surface area contributed by atoms with E-state index in [1.165, 1.54) is 57.8 Å². The first kappa shape index (κ1) is 13.5. The molecule has 94 valence electrons. The van der Waals surface area contributed by atoms with Crippen LogP contribution < -0.4 is 0 Å². The summed E-state index contributed by atoms with van der Waals surface area (Å²) in [5.74, 6) is 0.879. The first-order valence-corrected chi connectivity index (χ1v) is 7.00. The van der Waals surface area contributed by atoms with Crippen LogP contribution in [0.3, 0.4) is 0 Å². The van der Waals surface area contributed by atoms with Gasteiger partial charge < -0.3 is 4.74 Å². The van der Waals surface area contributed by atoms with E-state index in [2.05, 4.69) is 11.9 Å². The normalized spacial score (nSPS) is 19.6. The van der Waals surface area contributed by atoms with Crippen LogP contribution in [0.5, 0.6) is 0 Å². The molecule has 0 fully saturated rings. The second kappa shape index (κ2) is 8.60. The molecule has 0 aromatic rings. The van der Waals surface area contributed by atoms with Crippen molar-refractivity contribution in [2.24, 2.45) is 4.99 Å². The molecule has 0 saturated heterocycles. The summed E-state index contributed by atoms with van der Waals surface area (Å²) in [6.07, 6.45) is 12.3. The van der Waals surface area contributed by atoms with E-state index in [0.717, 1.165) is 12.5 Å². The summed E-state index contributed by atoms with van der Waals surface area (Å²) >= 11 is 0. The number of ether oxygens (including phenoxy) is 1. The van der Waals surface area contributed by atoms with E-state index in [4.69, 9.17) is 4.74 Å². The molecule has 2 heteroatoms. The molecular formula is C14H27NO. The Bertz CT molecular complexity index is 201. The lowest BCUT2D eigenvalue weighted by Gasteiger charge is -2.04. The van der Waals surface area contributed by atoms with Gasteiger partial charge in [-0.3, -0.25) is 0 Å². The van der Waals surface area contributed by atoms with Crippen LogP contribution in [0.15, 0.2) is 4.99 Å². The number of aliphatic imine (C=N–C) groups is 1. The molecule has 0 aromatic carbocycles. The molecular weight excluding hydrogens is 198 g/mol. The number of unbranched alkanes of at least 4 members (excludes halogenated alkanes) is 7. The second-order valence-corrected chi connectivity index (χ2v) is 4.88. The van der Waals surface area contributed by atoms with Crippen molar-refractivity contribution >= 4 is 5.90 Å². The first-order chi connectivity index (χ1) is 7.83. The molecule has 0 spiro atoms. The highest BCUT2D eigenvalue weighted by molar-refractivity contribution is 5.74. The summed E-state index contributed by atoms with van der Waals surface area (Å²) in [4.78, 5) is 4.44. The number of nitrogens with zero attached hydrogens (tertiary/aromatic N) is 1. The first-order valence-electron chi connectivity index (χ1n) is 7.00. The van der Waals surface area contributed by atoms with Gasteiger partial charge in [-0.1, -0.05) is 58.3 Å². The molecule has 1 atom stereocenters. The maximum absolute atomic E-state index is 5.34. The fraction of sp³-hybridized carbons (Fsp3) is 0.929. The zero-order valence-corrected chi connectivity index (χ0v) is 11.0. The summed E-state index contributed by atoms with van der Waals surface area (Å²) in [5, 5.41) is 0. The van der Waals surface area contributed by atoms with Crippen LogP contribution in [-0.4, -0.2) is 18.5 Å². The van der Waals surface area contributed by atoms with Crippen LogP contribution >= 0.6 is 0 Å². The maximum atomic E-state index is 5.34. The van der Waals surface area contributed by atoms with Crippen molar-refractivity contribution in [3.63, 3.8) is 0 Å². The van der Waals surface area contributed by atoms with Crippen molar-refractivity contribution in [3.8, 4) is 0 Å². The molecule has 0 aliphatic carbocycles. The fourth-order valence-corrected chi connectivity index (χ4v) is 2.21. The summed E-state index contributed by atoms with van der Waals surface area (Å²) in [5.41, 5.74) is 0. The number of hydrogen-bond donors (Lipinski definition) is 0. The standard InChI is InChI=1S/C14H27NO/c1-3-4-5-6-7-8-9-10-11-14-12-16-13(2)15-14/h14H,3-12H2,1-2H3. The van der Waals surface area contributed by atoms with Gasteiger partial charge in [-0.25, -0.2) is 4.99 Å². The molecule has 1 unspecified atom stereocenters. The Morgan fingerprint density at radius 2 is 1.69 bits per heavy atom. The van der Waals surface area contributed by atoms with E-state index >= 15 is 0 Å². The molecule has 1 rings (SSSR count). The van der Waals surface area contributed by atoms with Crippen LogP contribution in [-0.2, 0) is 4.74 Å². The minimum absolute atomic E-state index is 0.458. The molecule has 2 nitrogen and oxygen atoms in total. The molecule has 0 aromatic heterocycles. The Morgan fingerprint density at radius 3 is 2.25 bits per heavy atom. The van der Waals surface area contributed by atoms with Gasteiger partial charge in [0.05, 0.1) is 6.04 Å². The Kier molecular flexibility index (Phi) is 7.28. The third-order valence-electron chi connectivity index (χ3n) is 3.24. The van der Waals surface area contributed by atoms with Gasteiger partial charge >= 0.3 is 0 Å². The SMILES string of the molecule is CCCCCCCCCCC1COC(C)=N1. The minimum atomic E-state index is 0.458. The predicted molar refractivity (Wildman–Crippen MR) is 70.1 cm³/mol. The minimum Gasteiger partial charge on any atom is -0.479 e. The monoisotopic (exact) mass is 225 g/mol. The van der Waals surface area contributed by atoms with Gasteiger partial charge in [0.1, 0.15) is 6.61 Å². The van der Waals surface area contributed by atoms with Gasteiger partial charge in [-0.15, -0.1) is 0 Å². The molecule has 1 heterocycles. The number of rotatable bonds is 9. The summed E-state index contributed by atoms with van der Waals surface area (Å²) in [7, 11) is 0. The largest absolute Gasteiger partial charge is 0.479 e. The zero-order valence-electron chi connectivity index (χ0n) is 11.0. The Balaban J connectivity index is 1.81. The van der Waals surface area contributed by atoms with E-state index in [9.17, 15) is 0 Å². The zero-order chi connectivity index (χ0) is 11.6. The lowest BCUT2D eigenvalue weighted by atomic mass is 10.1. The van der Waals surface area contributed by atoms with Gasteiger partial charge in [0.2, 0.25) is 0 Å². The molecule has 16 heavy (non-hydrogen) atoms. The van der Waals surface area contributed by atoms with Crippen LogP contribution in [0, 0.1) is 0 Å². The third kappa shape index (κ3) is 6.14. The van der Waals surface area contributed by atoms with Crippen LogP contribution in [0.1, 0.15) is 71.6 Å². The molecule has 1 aliphatic heterocycles. The summed E-state index contributed by atoms with van der Waals surface area (Å²) < 4.78 is 5.34. The molecule has 0 saturated carbocycles. The molecule has 0 bridgehead atoms. The highest BCUT2D eigenvalue weighted by atomic mass is 16.5. The molecule has 0 radical (unpaired) electrons. The lowest BCUT2D eigenvalue weighted by Crippen LogP contribution is -2.05. The molecule has 1 aliphatic rings. The van der Waals surface area contributed by atoms with E-state index < -0.39 is 0 Å². The lowest BCUT2D eigenvalue weighted by molar-refractivity contribution is 0.306. The van der Waals surface area contributed by atoms with Crippen LogP contribution in [0.25, 0.3) is 0 Å². The van der Waals surface area contributed by atoms with E-state index in [0.29, 0.717) is 6.04 Å². The van der Waals surface area contributed by atoms with Gasteiger partial charge in [0.15, 0.2) is 5.90 Å². The number of hydrogen-bond acceptors (Lipinski definition) is 2. The van der Waals surface area contributed by atoms with Crippen LogP contribution in [0.2, 0.25) is 0 Å². The smallest absolute Gasteiger partial charge is 0.180 e. The topological polar surface area (TPSA) is 21.6 Å². The van der Waals surface area contributed by atoms with Crippen molar-refractivity contribution in [1.29, 1.82) is 0 Å². The van der Waals surface area contributed by atoms with E-state index in [1.54, 1.807) is 0 Å². The predicted octanol–water partition coefficient (Wildman–Crippen LogP) is 4.33. The van der Waals surface area contributed by atoms with Crippen molar-refractivity contribution in [2.75, 3.05) is 6.61 Å². The molecule has 0 amide bonds. The van der Waals surface area contributed by atoms with E-state index in [1.807, 2.05) is 6.92 Å². The highest BCUT2D eigenvalue weighted by Gasteiger charge is 2.14. The van der Waals surface area contributed by atoms with Gasteiger partial charge in [-0.05, 0) is 6.42 Å². The van der Waals surface area contributed by atoms with Gasteiger partial charge in [-0.2, -0.15) is 0 Å². The quantitative estimate of drug-likeness (QED) is 0.535.